The van der Waals surface area contributed by atoms with E-state index in [1.165, 1.54) is 18.4 Å². The van der Waals surface area contributed by atoms with Gasteiger partial charge in [-0.25, -0.2) is 0 Å². The number of carbonyl (C=O) groups excluding carboxylic acids is 1. The van der Waals surface area contributed by atoms with Gasteiger partial charge in [0, 0.05) is 50.7 Å². The number of amides is 1. The summed E-state index contributed by atoms with van der Waals surface area (Å²) >= 11 is 0. The van der Waals surface area contributed by atoms with Gasteiger partial charge in [-0.1, -0.05) is 18.2 Å². The lowest BCUT2D eigenvalue weighted by molar-refractivity contribution is -0.140. The second kappa shape index (κ2) is 8.19. The fraction of sp³-hybridized carbons (Fsp3) is 0.650. The summed E-state index contributed by atoms with van der Waals surface area (Å²) in [5, 5.41) is 0. The molecule has 2 fully saturated rings. The first-order valence-electron chi connectivity index (χ1n) is 9.27. The van der Waals surface area contributed by atoms with E-state index in [-0.39, 0.29) is 11.3 Å². The van der Waals surface area contributed by atoms with Crippen molar-refractivity contribution >= 4 is 5.91 Å². The molecule has 5 heteroatoms. The minimum Gasteiger partial charge on any atom is -0.496 e. The van der Waals surface area contributed by atoms with Crippen molar-refractivity contribution in [2.24, 2.45) is 5.41 Å². The van der Waals surface area contributed by atoms with Crippen LogP contribution in [0.15, 0.2) is 24.3 Å². The maximum Gasteiger partial charge on any atom is 0.222 e. The number of ether oxygens (including phenoxy) is 2. The number of nitrogens with zero attached hydrogens (tertiary/aromatic N) is 2. The fourth-order valence-electron chi connectivity index (χ4n) is 4.36. The summed E-state index contributed by atoms with van der Waals surface area (Å²) in [5.41, 5.74) is 1.48. The van der Waals surface area contributed by atoms with Crippen molar-refractivity contribution in [1.82, 2.24) is 9.80 Å². The van der Waals surface area contributed by atoms with Crippen LogP contribution in [0.5, 0.6) is 5.75 Å². The van der Waals surface area contributed by atoms with Crippen molar-refractivity contribution in [1.29, 1.82) is 0 Å². The van der Waals surface area contributed by atoms with E-state index >= 15 is 0 Å². The van der Waals surface area contributed by atoms with Crippen molar-refractivity contribution in [3.05, 3.63) is 29.8 Å². The largest absolute Gasteiger partial charge is 0.496 e. The molecule has 1 aromatic rings. The van der Waals surface area contributed by atoms with Gasteiger partial charge in [0.05, 0.1) is 13.7 Å². The molecule has 0 bridgehead atoms. The number of hydrogen-bond acceptors (Lipinski definition) is 4. The second-order valence-electron chi connectivity index (χ2n) is 7.43. The molecule has 2 aliphatic heterocycles. The van der Waals surface area contributed by atoms with Crippen molar-refractivity contribution in [3.63, 3.8) is 0 Å². The van der Waals surface area contributed by atoms with Crippen molar-refractivity contribution < 1.29 is 14.3 Å². The predicted octanol–water partition coefficient (Wildman–Crippen LogP) is 2.55. The minimum absolute atomic E-state index is 0.238. The number of hydrogen-bond donors (Lipinski definition) is 0. The standard InChI is InChI=1S/C20H30N2O3/c1-24-13-12-22-16-20(10-8-19(22)23)9-5-11-21(15-20)14-17-6-3-4-7-18(17)25-2/h3-4,6-7H,5,8-16H2,1-2H3/t20-/m0/s1. The first kappa shape index (κ1) is 18.2. The van der Waals surface area contributed by atoms with E-state index in [0.717, 1.165) is 38.3 Å². The van der Waals surface area contributed by atoms with Gasteiger partial charge < -0.3 is 14.4 Å². The van der Waals surface area contributed by atoms with Gasteiger partial charge in [-0.3, -0.25) is 9.69 Å². The van der Waals surface area contributed by atoms with Gasteiger partial charge in [0.2, 0.25) is 5.91 Å². The fourth-order valence-corrected chi connectivity index (χ4v) is 4.36. The number of piperidine rings is 2. The van der Waals surface area contributed by atoms with Crippen molar-refractivity contribution in [3.8, 4) is 5.75 Å². The van der Waals surface area contributed by atoms with Gasteiger partial charge in [0.15, 0.2) is 0 Å². The maximum absolute atomic E-state index is 12.2. The highest BCUT2D eigenvalue weighted by Gasteiger charge is 2.41. The highest BCUT2D eigenvalue weighted by atomic mass is 16.5. The lowest BCUT2D eigenvalue weighted by atomic mass is 9.73. The lowest BCUT2D eigenvalue weighted by Crippen LogP contribution is -2.54. The van der Waals surface area contributed by atoms with Crippen LogP contribution in [0.25, 0.3) is 0 Å². The molecule has 0 saturated carbocycles. The summed E-state index contributed by atoms with van der Waals surface area (Å²) in [6.45, 7) is 5.29. The number of rotatable bonds is 6. The summed E-state index contributed by atoms with van der Waals surface area (Å²) < 4.78 is 10.7. The number of carbonyl (C=O) groups is 1. The van der Waals surface area contributed by atoms with Crippen LogP contribution >= 0.6 is 0 Å². The van der Waals surface area contributed by atoms with Gasteiger partial charge in [0.25, 0.3) is 0 Å². The average molecular weight is 346 g/mol. The Hall–Kier alpha value is -1.59. The highest BCUT2D eigenvalue weighted by Crippen LogP contribution is 2.39. The van der Waals surface area contributed by atoms with E-state index in [0.29, 0.717) is 19.6 Å². The molecule has 25 heavy (non-hydrogen) atoms. The average Bonchev–Trinajstić information content (AvgIpc) is 2.63. The summed E-state index contributed by atoms with van der Waals surface area (Å²) in [4.78, 5) is 16.8. The predicted molar refractivity (Wildman–Crippen MR) is 97.6 cm³/mol. The van der Waals surface area contributed by atoms with Crippen LogP contribution in [-0.4, -0.2) is 62.7 Å². The highest BCUT2D eigenvalue weighted by molar-refractivity contribution is 5.77. The molecule has 1 spiro atoms. The van der Waals surface area contributed by atoms with E-state index < -0.39 is 0 Å². The Morgan fingerprint density at radius 2 is 2.00 bits per heavy atom. The third-order valence-corrected chi connectivity index (χ3v) is 5.64. The van der Waals surface area contributed by atoms with Crippen LogP contribution < -0.4 is 4.74 Å². The zero-order valence-corrected chi connectivity index (χ0v) is 15.5. The first-order valence-corrected chi connectivity index (χ1v) is 9.27. The summed E-state index contributed by atoms with van der Waals surface area (Å²) in [5.74, 6) is 1.24. The van der Waals surface area contributed by atoms with Crippen LogP contribution in [0.2, 0.25) is 0 Å². The molecule has 2 heterocycles. The Bertz CT molecular complexity index is 592. The topological polar surface area (TPSA) is 42.0 Å². The Morgan fingerprint density at radius 1 is 1.16 bits per heavy atom. The molecule has 2 saturated heterocycles. The molecule has 0 aliphatic carbocycles. The zero-order chi connectivity index (χ0) is 17.7. The maximum atomic E-state index is 12.2. The van der Waals surface area contributed by atoms with E-state index in [2.05, 4.69) is 17.0 Å². The number of benzene rings is 1. The molecule has 0 unspecified atom stereocenters. The van der Waals surface area contributed by atoms with Crippen molar-refractivity contribution in [2.45, 2.75) is 32.2 Å². The molecule has 3 rings (SSSR count). The van der Waals surface area contributed by atoms with Crippen LogP contribution in [0.4, 0.5) is 0 Å². The third-order valence-electron chi connectivity index (χ3n) is 5.64. The SMILES string of the molecule is COCCN1C[C@@]2(CCCN(Cc3ccccc3OC)C2)CCC1=O. The smallest absolute Gasteiger partial charge is 0.222 e. The van der Waals surface area contributed by atoms with Crippen molar-refractivity contribution in [2.75, 3.05) is 47.0 Å². The summed E-state index contributed by atoms with van der Waals surface area (Å²) in [6.07, 6.45) is 4.09. The van der Waals surface area contributed by atoms with E-state index in [4.69, 9.17) is 9.47 Å². The van der Waals surface area contributed by atoms with Gasteiger partial charge in [0.1, 0.15) is 5.75 Å². The molecule has 5 nitrogen and oxygen atoms in total. The molecule has 2 aliphatic rings. The molecule has 0 radical (unpaired) electrons. The molecule has 0 N–H and O–H groups in total. The Morgan fingerprint density at radius 3 is 2.80 bits per heavy atom. The summed E-state index contributed by atoms with van der Waals surface area (Å²) in [7, 11) is 3.43. The second-order valence-corrected chi connectivity index (χ2v) is 7.43. The van der Waals surface area contributed by atoms with Gasteiger partial charge in [-0.2, -0.15) is 0 Å². The van der Waals surface area contributed by atoms with E-state index in [1.807, 2.05) is 17.0 Å². The molecule has 138 valence electrons. The number of methoxy groups -OCH3 is 2. The lowest BCUT2D eigenvalue weighted by Gasteiger charge is -2.48. The van der Waals surface area contributed by atoms with Crippen LogP contribution in [0.3, 0.4) is 0 Å². The Labute approximate surface area is 150 Å². The first-order chi connectivity index (χ1) is 12.2. The zero-order valence-electron chi connectivity index (χ0n) is 15.5. The quantitative estimate of drug-likeness (QED) is 0.794. The molecule has 1 aromatic carbocycles. The molecular weight excluding hydrogens is 316 g/mol. The number of para-hydroxylation sites is 1. The molecular formula is C20H30N2O3. The number of likely N-dealkylation sites (tertiary alicyclic amines) is 2. The molecule has 1 atom stereocenters. The van der Waals surface area contributed by atoms with Gasteiger partial charge >= 0.3 is 0 Å². The molecule has 1 amide bonds. The minimum atomic E-state index is 0.238. The molecule has 0 aromatic heterocycles. The van der Waals surface area contributed by atoms with E-state index in [1.54, 1.807) is 14.2 Å². The van der Waals surface area contributed by atoms with Crippen LogP contribution in [-0.2, 0) is 16.1 Å². The summed E-state index contributed by atoms with van der Waals surface area (Å²) in [6, 6.07) is 8.26. The van der Waals surface area contributed by atoms with Gasteiger partial charge in [-0.15, -0.1) is 0 Å². The Kier molecular flexibility index (Phi) is 5.97. The van der Waals surface area contributed by atoms with Gasteiger partial charge in [-0.05, 0) is 31.9 Å². The third kappa shape index (κ3) is 4.33. The van der Waals surface area contributed by atoms with Crippen LogP contribution in [0, 0.1) is 5.41 Å². The van der Waals surface area contributed by atoms with Crippen LogP contribution in [0.1, 0.15) is 31.2 Å². The monoisotopic (exact) mass is 346 g/mol. The Balaban J connectivity index is 1.66. The van der Waals surface area contributed by atoms with E-state index in [9.17, 15) is 4.79 Å². The normalized spacial score (nSPS) is 24.7.